The number of carbonyl (C=O) groups is 6. The highest BCUT2D eigenvalue weighted by Gasteiger charge is 2.26. The lowest BCUT2D eigenvalue weighted by molar-refractivity contribution is -0.138. The van der Waals surface area contributed by atoms with Crippen LogP contribution in [0.1, 0.15) is 6.92 Å². The summed E-state index contributed by atoms with van der Waals surface area (Å²) in [6.07, 6.45) is 0. The van der Waals surface area contributed by atoms with Crippen molar-refractivity contribution in [2.75, 3.05) is 54.0 Å². The zero-order chi connectivity index (χ0) is 25.3. The van der Waals surface area contributed by atoms with Gasteiger partial charge in [0.2, 0.25) is 17.8 Å². The molecule has 17 nitrogen and oxygen atoms in total. The molecule has 1 aromatic rings. The molecule has 0 bridgehead atoms. The average molecular weight is 472 g/mol. The Hall–Kier alpha value is -4.57. The molecule has 17 heteroatoms. The highest BCUT2D eigenvalue weighted by atomic mass is 16.4. The summed E-state index contributed by atoms with van der Waals surface area (Å²) in [6, 6.07) is 0. The third-order valence-electron chi connectivity index (χ3n) is 3.49. The molecule has 1 rings (SSSR count). The van der Waals surface area contributed by atoms with Crippen LogP contribution in [-0.4, -0.2) is 115 Å². The SMILES string of the molecule is CC(=O)CN(CC(=O)O)c1nc(N(CC(=O)O)CC(=O)O)nc(N(CC(=O)O)CC(=O)O)n1. The monoisotopic (exact) mass is 472 g/mol. The number of anilines is 3. The van der Waals surface area contributed by atoms with E-state index in [-0.39, 0.29) is 0 Å². The summed E-state index contributed by atoms with van der Waals surface area (Å²) in [7, 11) is 0. The van der Waals surface area contributed by atoms with E-state index in [4.69, 9.17) is 25.5 Å². The lowest BCUT2D eigenvalue weighted by Crippen LogP contribution is -2.40. The Kier molecular flexibility index (Phi) is 9.40. The van der Waals surface area contributed by atoms with Gasteiger partial charge in [-0.05, 0) is 6.92 Å². The van der Waals surface area contributed by atoms with Crippen LogP contribution < -0.4 is 14.7 Å². The summed E-state index contributed by atoms with van der Waals surface area (Å²) < 4.78 is 0. The molecule has 0 unspecified atom stereocenters. The molecular formula is C16H20N6O11. The number of aromatic nitrogens is 3. The molecule has 0 radical (unpaired) electrons. The Balaban J connectivity index is 3.73. The molecule has 180 valence electrons. The Bertz CT molecular complexity index is 774. The number of carboxylic acids is 5. The zero-order valence-corrected chi connectivity index (χ0v) is 17.1. The zero-order valence-electron chi connectivity index (χ0n) is 17.1. The number of rotatable bonds is 15. The van der Waals surface area contributed by atoms with Crippen LogP contribution in [0.15, 0.2) is 0 Å². The van der Waals surface area contributed by atoms with E-state index >= 15 is 0 Å². The van der Waals surface area contributed by atoms with Gasteiger partial charge in [0.05, 0.1) is 6.54 Å². The fourth-order valence-electron chi connectivity index (χ4n) is 2.44. The van der Waals surface area contributed by atoms with Crippen LogP contribution in [0.3, 0.4) is 0 Å². The van der Waals surface area contributed by atoms with E-state index in [9.17, 15) is 28.8 Å². The van der Waals surface area contributed by atoms with Crippen molar-refractivity contribution in [2.24, 2.45) is 0 Å². The van der Waals surface area contributed by atoms with Crippen LogP contribution in [0, 0.1) is 0 Å². The summed E-state index contributed by atoms with van der Waals surface area (Å²) in [5.74, 6) is -9.69. The molecule has 0 aliphatic rings. The Morgan fingerprint density at radius 1 is 0.515 bits per heavy atom. The Morgan fingerprint density at radius 2 is 0.727 bits per heavy atom. The topological polar surface area (TPSA) is 252 Å². The van der Waals surface area contributed by atoms with Gasteiger partial charge in [-0.15, -0.1) is 0 Å². The maximum Gasteiger partial charge on any atom is 0.323 e. The molecule has 5 N–H and O–H groups in total. The third-order valence-corrected chi connectivity index (χ3v) is 3.49. The van der Waals surface area contributed by atoms with Crippen molar-refractivity contribution < 1.29 is 54.3 Å². The maximum atomic E-state index is 11.6. The number of nitrogens with zero attached hydrogens (tertiary/aromatic N) is 6. The average Bonchev–Trinajstić information content (AvgIpc) is 2.64. The van der Waals surface area contributed by atoms with Crippen LogP contribution >= 0.6 is 0 Å². The van der Waals surface area contributed by atoms with E-state index in [2.05, 4.69) is 15.0 Å². The first-order chi connectivity index (χ1) is 15.3. The van der Waals surface area contributed by atoms with Crippen molar-refractivity contribution in [2.45, 2.75) is 6.92 Å². The van der Waals surface area contributed by atoms with Crippen LogP contribution in [-0.2, 0) is 28.8 Å². The molecule has 1 aromatic heterocycles. The van der Waals surface area contributed by atoms with Gasteiger partial charge < -0.3 is 40.2 Å². The van der Waals surface area contributed by atoms with Gasteiger partial charge in [-0.3, -0.25) is 28.8 Å². The standard InChI is InChI=1S/C16H20N6O11/c1-8(23)2-20(3-9(24)25)14-17-15(21(4-10(26)27)5-11(28)29)19-16(18-14)22(6-12(30)31)7-13(32)33/h2-7H2,1H3,(H,24,25)(H,26,27)(H,28,29)(H,30,31)(H,32,33). The van der Waals surface area contributed by atoms with Crippen LogP contribution in [0.2, 0.25) is 0 Å². The van der Waals surface area contributed by atoms with Crippen LogP contribution in [0.25, 0.3) is 0 Å². The Labute approximate surface area is 184 Å². The van der Waals surface area contributed by atoms with E-state index in [0.29, 0.717) is 9.80 Å². The van der Waals surface area contributed by atoms with Crippen molar-refractivity contribution in [3.63, 3.8) is 0 Å². The quantitative estimate of drug-likeness (QED) is 0.174. The van der Waals surface area contributed by atoms with Gasteiger partial charge in [-0.2, -0.15) is 15.0 Å². The minimum absolute atomic E-state index is 0.527. The number of ketones is 1. The third kappa shape index (κ3) is 9.40. The van der Waals surface area contributed by atoms with E-state index < -0.39 is 92.7 Å². The lowest BCUT2D eigenvalue weighted by atomic mass is 10.4. The first-order valence-corrected chi connectivity index (χ1v) is 8.87. The van der Waals surface area contributed by atoms with Crippen molar-refractivity contribution in [3.8, 4) is 0 Å². The van der Waals surface area contributed by atoms with Gasteiger partial charge >= 0.3 is 29.8 Å². The van der Waals surface area contributed by atoms with Gasteiger partial charge in [0.15, 0.2) is 0 Å². The fourth-order valence-corrected chi connectivity index (χ4v) is 2.44. The second-order valence-corrected chi connectivity index (χ2v) is 6.47. The fraction of sp³-hybridized carbons (Fsp3) is 0.438. The normalized spacial score (nSPS) is 10.2. The highest BCUT2D eigenvalue weighted by Crippen LogP contribution is 2.19. The smallest absolute Gasteiger partial charge is 0.323 e. The number of hydrogen-bond donors (Lipinski definition) is 5. The van der Waals surface area contributed by atoms with Crippen LogP contribution in [0.5, 0.6) is 0 Å². The van der Waals surface area contributed by atoms with Gasteiger partial charge in [0, 0.05) is 0 Å². The molecule has 0 saturated carbocycles. The predicted molar refractivity (Wildman–Crippen MR) is 105 cm³/mol. The molecule has 0 atom stereocenters. The number of aliphatic carboxylic acids is 5. The van der Waals surface area contributed by atoms with E-state index in [1.54, 1.807) is 0 Å². The van der Waals surface area contributed by atoms with Crippen LogP contribution in [0.4, 0.5) is 17.8 Å². The molecule has 0 amide bonds. The molecule has 0 fully saturated rings. The minimum Gasteiger partial charge on any atom is -0.480 e. The second-order valence-electron chi connectivity index (χ2n) is 6.47. The number of carbonyl (C=O) groups excluding carboxylic acids is 1. The highest BCUT2D eigenvalue weighted by molar-refractivity contribution is 5.84. The summed E-state index contributed by atoms with van der Waals surface area (Å²) in [5.41, 5.74) is 0. The molecular weight excluding hydrogens is 452 g/mol. The van der Waals surface area contributed by atoms with Gasteiger partial charge in [0.25, 0.3) is 0 Å². The van der Waals surface area contributed by atoms with E-state index in [1.165, 1.54) is 0 Å². The molecule has 33 heavy (non-hydrogen) atoms. The number of hydrogen-bond acceptors (Lipinski definition) is 12. The van der Waals surface area contributed by atoms with E-state index in [1.807, 2.05) is 0 Å². The molecule has 0 aliphatic carbocycles. The molecule has 0 aliphatic heterocycles. The summed E-state index contributed by atoms with van der Waals surface area (Å²) in [6.45, 7) is -3.96. The van der Waals surface area contributed by atoms with E-state index in [0.717, 1.165) is 11.8 Å². The van der Waals surface area contributed by atoms with Crippen molar-refractivity contribution in [1.82, 2.24) is 15.0 Å². The predicted octanol–water partition coefficient (Wildman–Crippen LogP) is -2.70. The van der Waals surface area contributed by atoms with Crippen molar-refractivity contribution in [1.29, 1.82) is 0 Å². The molecule has 0 aromatic carbocycles. The van der Waals surface area contributed by atoms with Gasteiger partial charge in [-0.25, -0.2) is 0 Å². The number of Topliss-reactive ketones (excluding diaryl/α,β-unsaturated/α-hetero) is 1. The molecule has 0 saturated heterocycles. The maximum absolute atomic E-state index is 11.6. The second kappa shape index (κ2) is 11.7. The summed E-state index contributed by atoms with van der Waals surface area (Å²) in [4.78, 5) is 81.2. The largest absolute Gasteiger partial charge is 0.480 e. The summed E-state index contributed by atoms with van der Waals surface area (Å²) in [5, 5.41) is 45.5. The van der Waals surface area contributed by atoms with Crippen molar-refractivity contribution >= 4 is 53.5 Å². The van der Waals surface area contributed by atoms with Crippen molar-refractivity contribution in [3.05, 3.63) is 0 Å². The van der Waals surface area contributed by atoms with Gasteiger partial charge in [-0.1, -0.05) is 0 Å². The molecule has 0 spiro atoms. The summed E-state index contributed by atoms with van der Waals surface area (Å²) >= 11 is 0. The molecule has 1 heterocycles. The Morgan fingerprint density at radius 3 is 0.909 bits per heavy atom. The van der Waals surface area contributed by atoms with Gasteiger partial charge in [0.1, 0.15) is 38.5 Å². The first-order valence-electron chi connectivity index (χ1n) is 8.87. The number of carboxylic acid groups (broad SMARTS) is 5. The minimum atomic E-state index is -1.49. The first kappa shape index (κ1) is 26.5. The lowest BCUT2D eigenvalue weighted by Gasteiger charge is -2.26.